The molecule has 1 aromatic rings. The van der Waals surface area contributed by atoms with E-state index in [4.69, 9.17) is 5.73 Å². The van der Waals surface area contributed by atoms with Crippen LogP contribution in [-0.2, 0) is 6.42 Å². The molecule has 3 N–H and O–H groups in total. The van der Waals surface area contributed by atoms with Crippen molar-refractivity contribution in [1.29, 1.82) is 0 Å². The topological polar surface area (TPSA) is 80.5 Å². The molecule has 0 bridgehead atoms. The Kier molecular flexibility index (Phi) is 2.82. The Hall–Kier alpha value is -0.970. The number of aryl methyl sites for hydroxylation is 1. The van der Waals surface area contributed by atoms with E-state index < -0.39 is 0 Å². The summed E-state index contributed by atoms with van der Waals surface area (Å²) in [7, 11) is 0. The van der Waals surface area contributed by atoms with Gasteiger partial charge in [-0.15, -0.1) is 5.10 Å². The lowest BCUT2D eigenvalue weighted by Crippen LogP contribution is -1.99. The summed E-state index contributed by atoms with van der Waals surface area (Å²) >= 11 is 0. The molecule has 0 unspecified atom stereocenters. The molecule has 5 heteroatoms. The predicted octanol–water partition coefficient (Wildman–Crippen LogP) is -0.519. The highest BCUT2D eigenvalue weighted by Gasteiger charge is 1.94. The van der Waals surface area contributed by atoms with E-state index in [1.54, 1.807) is 0 Å². The van der Waals surface area contributed by atoms with Crippen LogP contribution in [0.2, 0.25) is 0 Å². The third-order valence-corrected chi connectivity index (χ3v) is 1.26. The molecule has 0 aliphatic rings. The number of aromatic nitrogens is 4. The van der Waals surface area contributed by atoms with Crippen LogP contribution in [0.5, 0.6) is 0 Å². The molecule has 0 radical (unpaired) electrons. The Morgan fingerprint density at radius 2 is 2.30 bits per heavy atom. The molecule has 0 saturated carbocycles. The summed E-state index contributed by atoms with van der Waals surface area (Å²) in [5.41, 5.74) is 5.31. The number of unbranched alkanes of at least 4 members (excludes halogenated alkanes) is 1. The van der Waals surface area contributed by atoms with Gasteiger partial charge >= 0.3 is 0 Å². The van der Waals surface area contributed by atoms with Crippen LogP contribution in [0.4, 0.5) is 0 Å². The molecule has 56 valence electrons. The predicted molar refractivity (Wildman–Crippen MR) is 36.2 cm³/mol. The highest BCUT2D eigenvalue weighted by molar-refractivity contribution is 4.74. The van der Waals surface area contributed by atoms with Crippen molar-refractivity contribution >= 4 is 0 Å². The van der Waals surface area contributed by atoms with Crippen molar-refractivity contribution in [1.82, 2.24) is 20.6 Å². The number of H-pyrrole nitrogens is 1. The molecule has 0 aliphatic carbocycles. The first-order valence-corrected chi connectivity index (χ1v) is 3.36. The lowest BCUT2D eigenvalue weighted by Gasteiger charge is -1.91. The summed E-state index contributed by atoms with van der Waals surface area (Å²) in [6.07, 6.45) is 2.97. The Balaban J connectivity index is 2.15. The third-order valence-electron chi connectivity index (χ3n) is 1.26. The minimum absolute atomic E-state index is 0.738. The molecule has 0 fully saturated rings. The molecular formula is C5H11N5. The van der Waals surface area contributed by atoms with Crippen LogP contribution in [-0.4, -0.2) is 27.2 Å². The highest BCUT2D eigenvalue weighted by Crippen LogP contribution is 1.93. The van der Waals surface area contributed by atoms with Crippen molar-refractivity contribution in [2.24, 2.45) is 5.73 Å². The van der Waals surface area contributed by atoms with E-state index in [9.17, 15) is 0 Å². The van der Waals surface area contributed by atoms with Crippen LogP contribution < -0.4 is 5.73 Å². The van der Waals surface area contributed by atoms with Crippen LogP contribution in [0.15, 0.2) is 0 Å². The molecule has 1 rings (SSSR count). The zero-order valence-corrected chi connectivity index (χ0v) is 5.75. The van der Waals surface area contributed by atoms with Gasteiger partial charge in [-0.1, -0.05) is 0 Å². The first-order chi connectivity index (χ1) is 4.93. The molecule has 5 nitrogen and oxygen atoms in total. The second kappa shape index (κ2) is 3.94. The highest BCUT2D eigenvalue weighted by atomic mass is 15.5. The molecule has 1 aromatic heterocycles. The summed E-state index contributed by atoms with van der Waals surface area (Å²) in [5.74, 6) is 0.841. The van der Waals surface area contributed by atoms with E-state index in [-0.39, 0.29) is 0 Å². The van der Waals surface area contributed by atoms with E-state index in [1.165, 1.54) is 0 Å². The second-order valence-corrected chi connectivity index (χ2v) is 2.09. The first kappa shape index (κ1) is 7.14. The first-order valence-electron chi connectivity index (χ1n) is 3.36. The van der Waals surface area contributed by atoms with E-state index >= 15 is 0 Å². The van der Waals surface area contributed by atoms with Crippen LogP contribution in [0.25, 0.3) is 0 Å². The van der Waals surface area contributed by atoms with Crippen molar-refractivity contribution < 1.29 is 0 Å². The molecule has 0 aromatic carbocycles. The minimum atomic E-state index is 0.738. The Labute approximate surface area is 59.0 Å². The zero-order chi connectivity index (χ0) is 7.23. The summed E-state index contributed by atoms with van der Waals surface area (Å²) < 4.78 is 0. The van der Waals surface area contributed by atoms with Gasteiger partial charge in [0.15, 0.2) is 0 Å². The number of hydrogen-bond donors (Lipinski definition) is 2. The molecule has 10 heavy (non-hydrogen) atoms. The molecule has 1 heterocycles. The van der Waals surface area contributed by atoms with Crippen molar-refractivity contribution in [3.05, 3.63) is 5.82 Å². The van der Waals surface area contributed by atoms with Gasteiger partial charge < -0.3 is 5.73 Å². The Morgan fingerprint density at radius 1 is 1.40 bits per heavy atom. The summed E-state index contributed by atoms with van der Waals surface area (Å²) in [5, 5.41) is 13.3. The van der Waals surface area contributed by atoms with Crippen LogP contribution in [0, 0.1) is 0 Å². The third kappa shape index (κ3) is 2.10. The molecule has 0 amide bonds. The van der Waals surface area contributed by atoms with E-state index in [2.05, 4.69) is 20.6 Å². The van der Waals surface area contributed by atoms with E-state index in [0.29, 0.717) is 0 Å². The van der Waals surface area contributed by atoms with Gasteiger partial charge in [0.05, 0.1) is 0 Å². The average molecular weight is 141 g/mol. The van der Waals surface area contributed by atoms with E-state index in [1.807, 2.05) is 0 Å². The lowest BCUT2D eigenvalue weighted by molar-refractivity contribution is 0.717. The SMILES string of the molecule is NCCCCc1nnn[nH]1. The molecule has 0 aliphatic heterocycles. The van der Waals surface area contributed by atoms with Crippen LogP contribution in [0.1, 0.15) is 18.7 Å². The van der Waals surface area contributed by atoms with Gasteiger partial charge in [0, 0.05) is 6.42 Å². The number of nitrogens with one attached hydrogen (secondary N) is 1. The van der Waals surface area contributed by atoms with Gasteiger partial charge in [-0.25, -0.2) is 5.10 Å². The number of tetrazole rings is 1. The van der Waals surface area contributed by atoms with Crippen molar-refractivity contribution in [2.45, 2.75) is 19.3 Å². The summed E-state index contributed by atoms with van der Waals surface area (Å²) in [6, 6.07) is 0. The average Bonchev–Trinajstić information content (AvgIpc) is 2.41. The largest absolute Gasteiger partial charge is 0.330 e. The van der Waals surface area contributed by atoms with Crippen molar-refractivity contribution in [3.8, 4) is 0 Å². The standard InChI is InChI=1S/C5H11N5/c6-4-2-1-3-5-7-9-10-8-5/h1-4,6H2,(H,7,8,9,10). The van der Waals surface area contributed by atoms with Gasteiger partial charge in [-0.2, -0.15) is 0 Å². The summed E-state index contributed by atoms with van der Waals surface area (Å²) in [6.45, 7) is 0.738. The lowest BCUT2D eigenvalue weighted by atomic mass is 10.2. The fourth-order valence-corrected chi connectivity index (χ4v) is 0.721. The number of aromatic amines is 1. The van der Waals surface area contributed by atoms with Gasteiger partial charge in [0.2, 0.25) is 0 Å². The van der Waals surface area contributed by atoms with E-state index in [0.717, 1.165) is 31.6 Å². The van der Waals surface area contributed by atoms with Crippen LogP contribution >= 0.6 is 0 Å². The normalized spacial score (nSPS) is 10.1. The molecular weight excluding hydrogens is 130 g/mol. The summed E-state index contributed by atoms with van der Waals surface area (Å²) in [4.78, 5) is 0. The maximum Gasteiger partial charge on any atom is 0.148 e. The monoisotopic (exact) mass is 141 g/mol. The Bertz CT molecular complexity index is 159. The number of nitrogens with zero attached hydrogens (tertiary/aromatic N) is 3. The fourth-order valence-electron chi connectivity index (χ4n) is 0.721. The van der Waals surface area contributed by atoms with Gasteiger partial charge in [0.1, 0.15) is 5.82 Å². The maximum absolute atomic E-state index is 5.31. The Morgan fingerprint density at radius 3 is 2.90 bits per heavy atom. The van der Waals surface area contributed by atoms with Crippen LogP contribution in [0.3, 0.4) is 0 Å². The van der Waals surface area contributed by atoms with Crippen molar-refractivity contribution in [2.75, 3.05) is 6.54 Å². The molecule has 0 spiro atoms. The maximum atomic E-state index is 5.31. The second-order valence-electron chi connectivity index (χ2n) is 2.09. The molecule has 0 saturated heterocycles. The number of nitrogens with two attached hydrogens (primary N) is 1. The fraction of sp³-hybridized carbons (Fsp3) is 0.800. The smallest absolute Gasteiger partial charge is 0.148 e. The zero-order valence-electron chi connectivity index (χ0n) is 5.75. The van der Waals surface area contributed by atoms with Crippen molar-refractivity contribution in [3.63, 3.8) is 0 Å². The number of rotatable bonds is 4. The minimum Gasteiger partial charge on any atom is -0.330 e. The molecule has 0 atom stereocenters. The van der Waals surface area contributed by atoms with Gasteiger partial charge in [-0.3, -0.25) is 0 Å². The van der Waals surface area contributed by atoms with Gasteiger partial charge in [0.25, 0.3) is 0 Å². The quantitative estimate of drug-likeness (QED) is 0.553. The number of hydrogen-bond acceptors (Lipinski definition) is 4. The van der Waals surface area contributed by atoms with Gasteiger partial charge in [-0.05, 0) is 29.8 Å².